The lowest BCUT2D eigenvalue weighted by atomic mass is 10.1. The summed E-state index contributed by atoms with van der Waals surface area (Å²) in [5, 5.41) is 6.35. The van der Waals surface area contributed by atoms with Crippen LogP contribution in [0.4, 0.5) is 14.5 Å². The van der Waals surface area contributed by atoms with Gasteiger partial charge in [-0.05, 0) is 44.5 Å². The van der Waals surface area contributed by atoms with Crippen molar-refractivity contribution in [3.05, 3.63) is 24.3 Å². The van der Waals surface area contributed by atoms with E-state index < -0.39 is 15.6 Å². The van der Waals surface area contributed by atoms with Crippen LogP contribution in [-0.2, 0) is 9.84 Å². The minimum atomic E-state index is -4.58. The van der Waals surface area contributed by atoms with Crippen LogP contribution in [0.25, 0.3) is 0 Å². The second-order valence-corrected chi connectivity index (χ2v) is 6.71. The van der Waals surface area contributed by atoms with Crippen LogP contribution in [0.2, 0.25) is 0 Å². The zero-order valence-corrected chi connectivity index (χ0v) is 11.8. The first-order chi connectivity index (χ1) is 9.51. The Morgan fingerprint density at radius 3 is 2.70 bits per heavy atom. The molecule has 1 heterocycles. The fourth-order valence-corrected chi connectivity index (χ4v) is 3.21. The third kappa shape index (κ3) is 3.46. The molecule has 0 saturated carbocycles. The van der Waals surface area contributed by atoms with Gasteiger partial charge in [-0.25, -0.2) is 8.42 Å². The molecule has 1 unspecified atom stereocenters. The van der Waals surface area contributed by atoms with Crippen molar-refractivity contribution in [1.29, 1.82) is 0 Å². The van der Waals surface area contributed by atoms with Crippen molar-refractivity contribution in [2.45, 2.75) is 36.0 Å². The Labute approximate surface area is 117 Å². The van der Waals surface area contributed by atoms with E-state index in [1.807, 2.05) is 0 Å². The van der Waals surface area contributed by atoms with Crippen LogP contribution in [0, 0.1) is 0 Å². The Bertz CT molecular complexity index is 541. The second-order valence-electron chi connectivity index (χ2n) is 4.82. The molecule has 2 N–H and O–H groups in total. The number of anilines is 1. The molecular weight excluding hydrogens is 286 g/mol. The maximum absolute atomic E-state index is 12.7. The van der Waals surface area contributed by atoms with E-state index in [9.17, 15) is 17.2 Å². The third-order valence-corrected chi connectivity index (χ3v) is 4.80. The molecule has 2 rings (SSSR count). The number of halogens is 2. The van der Waals surface area contributed by atoms with E-state index in [4.69, 9.17) is 0 Å². The highest BCUT2D eigenvalue weighted by molar-refractivity contribution is 7.91. The molecule has 0 amide bonds. The number of para-hydroxylation sites is 1. The van der Waals surface area contributed by atoms with E-state index in [0.29, 0.717) is 0 Å². The summed E-state index contributed by atoms with van der Waals surface area (Å²) in [6.07, 6.45) is 2.69. The number of hydrogen-bond acceptors (Lipinski definition) is 4. The second kappa shape index (κ2) is 6.49. The minimum Gasteiger partial charge on any atom is -0.381 e. The molecule has 1 aliphatic heterocycles. The summed E-state index contributed by atoms with van der Waals surface area (Å²) in [6.45, 7) is 1.76. The molecule has 0 bridgehead atoms. The summed E-state index contributed by atoms with van der Waals surface area (Å²) in [7, 11) is -4.58. The molecule has 112 valence electrons. The molecule has 4 nitrogen and oxygen atoms in total. The van der Waals surface area contributed by atoms with Gasteiger partial charge in [0.05, 0.1) is 10.6 Å². The molecule has 0 aromatic heterocycles. The van der Waals surface area contributed by atoms with Gasteiger partial charge in [0.25, 0.3) is 0 Å². The molecule has 0 aliphatic carbocycles. The number of alkyl halides is 2. The smallest absolute Gasteiger partial charge is 0.341 e. The molecule has 1 aromatic carbocycles. The van der Waals surface area contributed by atoms with Gasteiger partial charge in [0.2, 0.25) is 9.84 Å². The highest BCUT2D eigenvalue weighted by Crippen LogP contribution is 2.27. The fraction of sp³-hybridized carbons (Fsp3) is 0.538. The van der Waals surface area contributed by atoms with Gasteiger partial charge in [0, 0.05) is 6.04 Å². The van der Waals surface area contributed by atoms with Crippen LogP contribution in [-0.4, -0.2) is 33.3 Å². The monoisotopic (exact) mass is 304 g/mol. The van der Waals surface area contributed by atoms with Gasteiger partial charge in [-0.15, -0.1) is 0 Å². The maximum Gasteiger partial charge on any atom is 0.341 e. The molecule has 1 aliphatic rings. The molecule has 1 aromatic rings. The van der Waals surface area contributed by atoms with E-state index in [1.165, 1.54) is 18.2 Å². The van der Waals surface area contributed by atoms with E-state index in [-0.39, 0.29) is 16.6 Å². The largest absolute Gasteiger partial charge is 0.381 e. The van der Waals surface area contributed by atoms with Gasteiger partial charge >= 0.3 is 5.76 Å². The summed E-state index contributed by atoms with van der Waals surface area (Å²) < 4.78 is 48.7. The summed E-state index contributed by atoms with van der Waals surface area (Å²) >= 11 is 0. The molecule has 1 fully saturated rings. The minimum absolute atomic E-state index is 0.0963. The highest BCUT2D eigenvalue weighted by Gasteiger charge is 2.29. The first kappa shape index (κ1) is 15.2. The molecule has 0 radical (unpaired) electrons. The Kier molecular flexibility index (Phi) is 4.93. The Morgan fingerprint density at radius 1 is 1.20 bits per heavy atom. The zero-order valence-electron chi connectivity index (χ0n) is 11.0. The van der Waals surface area contributed by atoms with Crippen molar-refractivity contribution >= 4 is 15.5 Å². The average molecular weight is 304 g/mol. The van der Waals surface area contributed by atoms with Crippen molar-refractivity contribution in [2.24, 2.45) is 0 Å². The summed E-state index contributed by atoms with van der Waals surface area (Å²) in [6, 6.07) is 5.95. The van der Waals surface area contributed by atoms with Crippen LogP contribution < -0.4 is 10.6 Å². The Balaban J connectivity index is 2.24. The molecular formula is C13H18F2N2O2S. The van der Waals surface area contributed by atoms with Gasteiger partial charge < -0.3 is 10.6 Å². The quantitative estimate of drug-likeness (QED) is 0.895. The van der Waals surface area contributed by atoms with Gasteiger partial charge in [0.15, 0.2) is 0 Å². The summed E-state index contributed by atoms with van der Waals surface area (Å²) in [5.41, 5.74) is 0.264. The Hall–Kier alpha value is -1.21. The van der Waals surface area contributed by atoms with E-state index in [2.05, 4.69) is 10.6 Å². The van der Waals surface area contributed by atoms with E-state index in [0.717, 1.165) is 32.4 Å². The lowest BCUT2D eigenvalue weighted by Crippen LogP contribution is -2.23. The highest BCUT2D eigenvalue weighted by atomic mass is 32.2. The SMILES string of the molecule is O=S(=O)(c1ccccc1NC1CCCNCC1)C(F)F. The van der Waals surface area contributed by atoms with Crippen LogP contribution in [0.5, 0.6) is 0 Å². The number of rotatable bonds is 4. The first-order valence-corrected chi connectivity index (χ1v) is 8.15. The van der Waals surface area contributed by atoms with Gasteiger partial charge in [-0.1, -0.05) is 12.1 Å². The third-order valence-electron chi connectivity index (χ3n) is 3.36. The molecule has 20 heavy (non-hydrogen) atoms. The van der Waals surface area contributed by atoms with E-state index in [1.54, 1.807) is 6.07 Å². The predicted molar refractivity (Wildman–Crippen MR) is 73.8 cm³/mol. The molecule has 0 spiro atoms. The van der Waals surface area contributed by atoms with Gasteiger partial charge in [-0.2, -0.15) is 8.78 Å². The number of nitrogens with one attached hydrogen (secondary N) is 2. The van der Waals surface area contributed by atoms with Crippen molar-refractivity contribution in [3.8, 4) is 0 Å². The lowest BCUT2D eigenvalue weighted by Gasteiger charge is -2.19. The van der Waals surface area contributed by atoms with Crippen LogP contribution >= 0.6 is 0 Å². The Morgan fingerprint density at radius 2 is 1.95 bits per heavy atom. The first-order valence-electron chi connectivity index (χ1n) is 6.60. The number of benzene rings is 1. The van der Waals surface area contributed by atoms with Crippen molar-refractivity contribution in [2.75, 3.05) is 18.4 Å². The van der Waals surface area contributed by atoms with Gasteiger partial charge in [-0.3, -0.25) is 0 Å². The number of sulfone groups is 1. The van der Waals surface area contributed by atoms with Crippen LogP contribution in [0.3, 0.4) is 0 Å². The average Bonchev–Trinajstić information content (AvgIpc) is 2.67. The molecule has 1 saturated heterocycles. The topological polar surface area (TPSA) is 58.2 Å². The molecule has 1 atom stereocenters. The van der Waals surface area contributed by atoms with Crippen molar-refractivity contribution in [3.63, 3.8) is 0 Å². The van der Waals surface area contributed by atoms with Gasteiger partial charge in [0.1, 0.15) is 0 Å². The number of hydrogen-bond donors (Lipinski definition) is 2. The lowest BCUT2D eigenvalue weighted by molar-refractivity contribution is 0.235. The van der Waals surface area contributed by atoms with Crippen LogP contribution in [0.15, 0.2) is 29.2 Å². The summed E-state index contributed by atoms with van der Waals surface area (Å²) in [5.74, 6) is -3.40. The molecule has 7 heteroatoms. The van der Waals surface area contributed by atoms with E-state index >= 15 is 0 Å². The normalized spacial score (nSPS) is 20.6. The maximum atomic E-state index is 12.7. The van der Waals surface area contributed by atoms with Crippen molar-refractivity contribution < 1.29 is 17.2 Å². The van der Waals surface area contributed by atoms with Crippen molar-refractivity contribution in [1.82, 2.24) is 5.32 Å². The summed E-state index contributed by atoms with van der Waals surface area (Å²) in [4.78, 5) is -0.327. The van der Waals surface area contributed by atoms with Crippen LogP contribution in [0.1, 0.15) is 19.3 Å². The predicted octanol–water partition coefficient (Wildman–Crippen LogP) is 2.24. The zero-order chi connectivity index (χ0) is 14.6. The fourth-order valence-electron chi connectivity index (χ4n) is 2.31. The standard InChI is InChI=1S/C13H18F2N2O2S/c14-13(15)20(18,19)12-6-2-1-5-11(12)17-10-4-3-8-16-9-7-10/h1-2,5-6,10,13,16-17H,3-4,7-9H2.